The average Bonchev–Trinajstić information content (AvgIpc) is 2.56. The minimum Gasteiger partial charge on any atom is -0.0651 e. The van der Waals surface area contributed by atoms with Gasteiger partial charge in [-0.25, -0.2) is 0 Å². The predicted molar refractivity (Wildman–Crippen MR) is 92.1 cm³/mol. The Hall–Kier alpha value is 0. The maximum Gasteiger partial charge on any atom is -0.0297 e. The maximum atomic E-state index is 2.61. The van der Waals surface area contributed by atoms with E-state index in [0.29, 0.717) is 5.41 Å². The van der Waals surface area contributed by atoms with Gasteiger partial charge in [-0.15, -0.1) is 0 Å². The Labute approximate surface area is 133 Å². The smallest absolute Gasteiger partial charge is 0.0297 e. The van der Waals surface area contributed by atoms with Crippen LogP contribution in [0.2, 0.25) is 0 Å². The molecule has 0 heterocycles. The van der Waals surface area contributed by atoms with Crippen molar-refractivity contribution in [3.05, 3.63) is 6.42 Å². The molecular formula is C21H37. The van der Waals surface area contributed by atoms with Crippen LogP contribution in [0.5, 0.6) is 0 Å². The Bertz CT molecular complexity index is 296. The summed E-state index contributed by atoms with van der Waals surface area (Å²) in [6.45, 7) is 5.00. The van der Waals surface area contributed by atoms with Gasteiger partial charge in [0.05, 0.1) is 0 Å². The monoisotopic (exact) mass is 289 g/mol. The van der Waals surface area contributed by atoms with Crippen LogP contribution in [0, 0.1) is 35.5 Å². The zero-order valence-corrected chi connectivity index (χ0v) is 14.6. The molecule has 0 unspecified atom stereocenters. The first kappa shape index (κ1) is 15.9. The highest BCUT2D eigenvalue weighted by Gasteiger charge is 2.39. The summed E-state index contributed by atoms with van der Waals surface area (Å²) in [5.74, 6) is 4.31. The molecule has 21 heavy (non-hydrogen) atoms. The first-order valence-corrected chi connectivity index (χ1v) is 10.0. The van der Waals surface area contributed by atoms with Crippen LogP contribution in [0.4, 0.5) is 0 Å². The Morgan fingerprint density at radius 1 is 0.810 bits per heavy atom. The van der Waals surface area contributed by atoms with E-state index in [1.807, 2.05) is 0 Å². The first-order valence-electron chi connectivity index (χ1n) is 10.0. The number of hydrogen-bond acceptors (Lipinski definition) is 0. The first-order chi connectivity index (χ1) is 10.2. The van der Waals surface area contributed by atoms with Crippen molar-refractivity contribution in [3.63, 3.8) is 0 Å². The van der Waals surface area contributed by atoms with E-state index >= 15 is 0 Å². The van der Waals surface area contributed by atoms with Crippen LogP contribution in [0.3, 0.4) is 0 Å². The molecule has 0 aliphatic heterocycles. The Balaban J connectivity index is 1.47. The molecule has 0 spiro atoms. The highest BCUT2D eigenvalue weighted by molar-refractivity contribution is 4.93. The molecule has 3 aliphatic carbocycles. The molecule has 0 heteroatoms. The fourth-order valence-electron chi connectivity index (χ4n) is 5.90. The molecule has 3 rings (SSSR count). The fraction of sp³-hybridized carbons (Fsp3) is 0.952. The second-order valence-corrected chi connectivity index (χ2v) is 8.82. The number of hydrogen-bond donors (Lipinski definition) is 0. The zero-order chi connectivity index (χ0) is 14.7. The van der Waals surface area contributed by atoms with Gasteiger partial charge in [0.25, 0.3) is 0 Å². The van der Waals surface area contributed by atoms with Crippen LogP contribution in [0.1, 0.15) is 97.3 Å². The van der Waals surface area contributed by atoms with Crippen molar-refractivity contribution in [2.75, 3.05) is 0 Å². The summed E-state index contributed by atoms with van der Waals surface area (Å²) in [7, 11) is 0. The SMILES string of the molecule is CC[C@H]1CC[C@H]([C@H]2CC[C@H](C3(C)CC[CH]CC3)CC2)CC1. The Morgan fingerprint density at radius 2 is 1.33 bits per heavy atom. The maximum absolute atomic E-state index is 2.61. The minimum atomic E-state index is 0.694. The molecule has 1 radical (unpaired) electrons. The molecular weight excluding hydrogens is 252 g/mol. The standard InChI is InChI=1S/C21H37/c1-3-17-7-9-18(10-8-17)19-11-13-20(14-12-19)21(2)15-5-4-6-16-21/h4,17-20H,3,5-16H2,1-2H3/t17-,18-,19-,20-. The van der Waals surface area contributed by atoms with E-state index < -0.39 is 0 Å². The van der Waals surface area contributed by atoms with E-state index in [1.54, 1.807) is 38.5 Å². The number of rotatable bonds is 3. The van der Waals surface area contributed by atoms with Gasteiger partial charge < -0.3 is 0 Å². The van der Waals surface area contributed by atoms with E-state index in [2.05, 4.69) is 20.3 Å². The largest absolute Gasteiger partial charge is 0.0651 e. The van der Waals surface area contributed by atoms with Gasteiger partial charge in [-0.2, -0.15) is 0 Å². The summed E-state index contributed by atoms with van der Waals surface area (Å²) >= 11 is 0. The molecule has 0 nitrogen and oxygen atoms in total. The Kier molecular flexibility index (Phi) is 5.33. The van der Waals surface area contributed by atoms with Crippen molar-refractivity contribution < 1.29 is 0 Å². The second-order valence-electron chi connectivity index (χ2n) is 8.82. The van der Waals surface area contributed by atoms with Crippen molar-refractivity contribution in [1.29, 1.82) is 0 Å². The van der Waals surface area contributed by atoms with E-state index in [0.717, 1.165) is 23.7 Å². The lowest BCUT2D eigenvalue weighted by molar-refractivity contribution is 0.0612. The highest BCUT2D eigenvalue weighted by atomic mass is 14.4. The third-order valence-corrected chi connectivity index (χ3v) is 7.73. The predicted octanol–water partition coefficient (Wildman–Crippen LogP) is 6.79. The summed E-state index contributed by atoms with van der Waals surface area (Å²) < 4.78 is 0. The molecule has 0 bridgehead atoms. The molecule has 0 N–H and O–H groups in total. The quantitative estimate of drug-likeness (QED) is 0.536. The van der Waals surface area contributed by atoms with E-state index in [4.69, 9.17) is 0 Å². The molecule has 3 aliphatic rings. The molecule has 0 aromatic heterocycles. The van der Waals surface area contributed by atoms with Gasteiger partial charge in [0.2, 0.25) is 0 Å². The molecule has 121 valence electrons. The van der Waals surface area contributed by atoms with Gasteiger partial charge in [0.15, 0.2) is 0 Å². The van der Waals surface area contributed by atoms with E-state index in [9.17, 15) is 0 Å². The van der Waals surface area contributed by atoms with E-state index in [-0.39, 0.29) is 0 Å². The topological polar surface area (TPSA) is 0 Å². The van der Waals surface area contributed by atoms with Crippen molar-refractivity contribution in [1.82, 2.24) is 0 Å². The summed E-state index contributed by atoms with van der Waals surface area (Å²) in [6.07, 6.45) is 22.1. The van der Waals surface area contributed by atoms with Crippen molar-refractivity contribution in [2.45, 2.75) is 97.3 Å². The summed E-state index contributed by atoms with van der Waals surface area (Å²) in [5, 5.41) is 0. The van der Waals surface area contributed by atoms with Crippen molar-refractivity contribution in [2.24, 2.45) is 29.1 Å². The molecule has 0 amide bonds. The van der Waals surface area contributed by atoms with Crippen LogP contribution in [-0.4, -0.2) is 0 Å². The fourth-order valence-corrected chi connectivity index (χ4v) is 5.90. The van der Waals surface area contributed by atoms with Crippen molar-refractivity contribution in [3.8, 4) is 0 Å². The summed E-state index contributed by atoms with van der Waals surface area (Å²) in [6, 6.07) is 0. The van der Waals surface area contributed by atoms with Gasteiger partial charge in [-0.3, -0.25) is 0 Å². The summed E-state index contributed by atoms with van der Waals surface area (Å²) in [4.78, 5) is 0. The normalized spacial score (nSPS) is 40.9. The third-order valence-electron chi connectivity index (χ3n) is 7.73. The van der Waals surface area contributed by atoms with Gasteiger partial charge in [0, 0.05) is 0 Å². The molecule has 3 fully saturated rings. The van der Waals surface area contributed by atoms with Crippen LogP contribution in [0.15, 0.2) is 0 Å². The van der Waals surface area contributed by atoms with Crippen molar-refractivity contribution >= 4 is 0 Å². The van der Waals surface area contributed by atoms with Crippen LogP contribution in [0.25, 0.3) is 0 Å². The second kappa shape index (κ2) is 7.05. The van der Waals surface area contributed by atoms with Gasteiger partial charge in [-0.1, -0.05) is 33.1 Å². The molecule has 0 aromatic rings. The van der Waals surface area contributed by atoms with Crippen LogP contribution < -0.4 is 0 Å². The summed E-state index contributed by atoms with van der Waals surface area (Å²) in [5.41, 5.74) is 0.694. The highest BCUT2D eigenvalue weighted by Crippen LogP contribution is 2.50. The third kappa shape index (κ3) is 3.67. The molecule has 0 aromatic carbocycles. The Morgan fingerprint density at radius 3 is 1.86 bits per heavy atom. The molecule has 0 saturated heterocycles. The zero-order valence-electron chi connectivity index (χ0n) is 14.6. The lowest BCUT2D eigenvalue weighted by atomic mass is 9.60. The van der Waals surface area contributed by atoms with Crippen LogP contribution >= 0.6 is 0 Å². The van der Waals surface area contributed by atoms with Crippen LogP contribution in [-0.2, 0) is 0 Å². The van der Waals surface area contributed by atoms with Gasteiger partial charge in [0.1, 0.15) is 0 Å². The average molecular weight is 290 g/mol. The molecule has 0 atom stereocenters. The lowest BCUT2D eigenvalue weighted by Gasteiger charge is -2.46. The lowest BCUT2D eigenvalue weighted by Crippen LogP contribution is -2.34. The minimum absolute atomic E-state index is 0.694. The molecule has 3 saturated carbocycles. The van der Waals surface area contributed by atoms with Gasteiger partial charge >= 0.3 is 0 Å². The van der Waals surface area contributed by atoms with Gasteiger partial charge in [-0.05, 0) is 99.7 Å². The van der Waals surface area contributed by atoms with E-state index in [1.165, 1.54) is 44.9 Å².